The maximum atomic E-state index is 13.2. The number of rotatable bonds is 9. The Kier molecular flexibility index (Phi) is 7.09. The number of piperidine rings is 1. The Balaban J connectivity index is 1.36. The number of hydrogen-bond acceptors (Lipinski definition) is 7. The highest BCUT2D eigenvalue weighted by molar-refractivity contribution is 7.90. The molecule has 1 amide bonds. The van der Waals surface area contributed by atoms with E-state index in [2.05, 4.69) is 34.5 Å². The lowest BCUT2D eigenvalue weighted by atomic mass is 9.96. The Labute approximate surface area is 195 Å². The number of para-hydroxylation sites is 1. The van der Waals surface area contributed by atoms with Crippen molar-refractivity contribution in [1.29, 1.82) is 0 Å². The molecule has 2 aliphatic rings. The summed E-state index contributed by atoms with van der Waals surface area (Å²) in [6, 6.07) is 8.69. The zero-order valence-corrected chi connectivity index (χ0v) is 20.4. The number of hydrogen-bond donors (Lipinski definition) is 3. The number of sulfone groups is 1. The van der Waals surface area contributed by atoms with Crippen LogP contribution in [0.4, 0.5) is 0 Å². The van der Waals surface area contributed by atoms with Crippen LogP contribution in [0.1, 0.15) is 56.1 Å². The first-order valence-corrected chi connectivity index (χ1v) is 13.8. The highest BCUT2D eigenvalue weighted by atomic mass is 32.2. The Morgan fingerprint density at radius 1 is 1.21 bits per heavy atom. The van der Waals surface area contributed by atoms with Crippen LogP contribution < -0.4 is 10.6 Å². The highest BCUT2D eigenvalue weighted by Gasteiger charge is 2.41. The van der Waals surface area contributed by atoms with Gasteiger partial charge < -0.3 is 15.7 Å². The van der Waals surface area contributed by atoms with Crippen molar-refractivity contribution in [3.8, 4) is 0 Å². The SMILES string of the molecule is CC(C)n1nc(C(=O)N[C@@H]2C[C@H]3CC[C@@H](C2)N3CC(O)CNCS(C)(=O)=O)c2ccccc21. The van der Waals surface area contributed by atoms with Crippen LogP contribution in [0.3, 0.4) is 0 Å². The Morgan fingerprint density at radius 2 is 1.88 bits per heavy atom. The second kappa shape index (κ2) is 9.69. The fourth-order valence-electron chi connectivity index (χ4n) is 5.31. The van der Waals surface area contributed by atoms with E-state index in [0.29, 0.717) is 24.3 Å². The molecule has 1 unspecified atom stereocenters. The molecule has 4 atom stereocenters. The summed E-state index contributed by atoms with van der Waals surface area (Å²) in [6.07, 6.45) is 4.31. The van der Waals surface area contributed by atoms with E-state index in [-0.39, 0.29) is 30.4 Å². The molecule has 1 aromatic carbocycles. The van der Waals surface area contributed by atoms with E-state index in [1.165, 1.54) is 6.26 Å². The Morgan fingerprint density at radius 3 is 2.52 bits per heavy atom. The van der Waals surface area contributed by atoms with Gasteiger partial charge in [-0.15, -0.1) is 0 Å². The Hall–Kier alpha value is -2.01. The number of aromatic nitrogens is 2. The predicted octanol–water partition coefficient (Wildman–Crippen LogP) is 1.30. The molecule has 2 bridgehead atoms. The zero-order valence-electron chi connectivity index (χ0n) is 19.6. The van der Waals surface area contributed by atoms with Crippen LogP contribution in [0, 0.1) is 0 Å². The second-order valence-electron chi connectivity index (χ2n) is 9.81. The molecule has 0 radical (unpaired) electrons. The molecule has 1 aromatic heterocycles. The molecule has 2 aromatic rings. The van der Waals surface area contributed by atoms with Crippen molar-refractivity contribution in [3.63, 3.8) is 0 Å². The van der Waals surface area contributed by atoms with Gasteiger partial charge in [0.2, 0.25) is 0 Å². The maximum Gasteiger partial charge on any atom is 0.272 e. The van der Waals surface area contributed by atoms with Gasteiger partial charge in [-0.3, -0.25) is 14.4 Å². The normalized spacial score (nSPS) is 24.5. The third-order valence-corrected chi connectivity index (χ3v) is 7.43. The molecule has 182 valence electrons. The van der Waals surface area contributed by atoms with Crippen LogP contribution in [0.2, 0.25) is 0 Å². The van der Waals surface area contributed by atoms with Gasteiger partial charge in [0, 0.05) is 48.9 Å². The molecular weight excluding hydrogens is 442 g/mol. The number of aliphatic hydroxyl groups excluding tert-OH is 1. The van der Waals surface area contributed by atoms with E-state index in [1.54, 1.807) is 0 Å². The van der Waals surface area contributed by atoms with Crippen LogP contribution in [-0.2, 0) is 9.84 Å². The molecule has 4 rings (SSSR count). The third kappa shape index (κ3) is 5.56. The Bertz CT molecular complexity index is 1090. The van der Waals surface area contributed by atoms with Crippen LogP contribution in [0.5, 0.6) is 0 Å². The van der Waals surface area contributed by atoms with E-state index in [4.69, 9.17) is 0 Å². The largest absolute Gasteiger partial charge is 0.390 e. The van der Waals surface area contributed by atoms with Gasteiger partial charge in [-0.05, 0) is 45.6 Å². The highest BCUT2D eigenvalue weighted by Crippen LogP contribution is 2.36. The van der Waals surface area contributed by atoms with Gasteiger partial charge >= 0.3 is 0 Å². The molecule has 0 spiro atoms. The van der Waals surface area contributed by atoms with Crippen LogP contribution in [0.15, 0.2) is 24.3 Å². The van der Waals surface area contributed by atoms with E-state index >= 15 is 0 Å². The minimum atomic E-state index is -3.10. The van der Waals surface area contributed by atoms with Crippen molar-refractivity contribution in [2.75, 3.05) is 25.2 Å². The molecular formula is C23H35N5O4S. The number of fused-ring (bicyclic) bond motifs is 3. The molecule has 0 aliphatic carbocycles. The summed E-state index contributed by atoms with van der Waals surface area (Å²) in [5, 5.41) is 21.9. The predicted molar refractivity (Wildman–Crippen MR) is 128 cm³/mol. The summed E-state index contributed by atoms with van der Waals surface area (Å²) >= 11 is 0. The van der Waals surface area contributed by atoms with E-state index in [0.717, 1.165) is 36.6 Å². The fourth-order valence-corrected chi connectivity index (χ4v) is 5.80. The van der Waals surface area contributed by atoms with Gasteiger partial charge in [0.1, 0.15) is 0 Å². The van der Waals surface area contributed by atoms with E-state index in [1.807, 2.05) is 28.9 Å². The first-order valence-electron chi connectivity index (χ1n) is 11.7. The van der Waals surface area contributed by atoms with Gasteiger partial charge in [-0.1, -0.05) is 18.2 Å². The number of carbonyl (C=O) groups excluding carboxylic acids is 1. The minimum absolute atomic E-state index is 0.0784. The second-order valence-corrected chi connectivity index (χ2v) is 11.9. The van der Waals surface area contributed by atoms with Gasteiger partial charge in [0.15, 0.2) is 15.5 Å². The molecule has 2 fully saturated rings. The van der Waals surface area contributed by atoms with Crippen LogP contribution in [0.25, 0.3) is 10.9 Å². The average molecular weight is 478 g/mol. The number of nitrogens with zero attached hydrogens (tertiary/aromatic N) is 3. The molecule has 3 N–H and O–H groups in total. The molecule has 2 saturated heterocycles. The van der Waals surface area contributed by atoms with Crippen molar-refractivity contribution in [2.24, 2.45) is 0 Å². The quantitative estimate of drug-likeness (QED) is 0.498. The summed E-state index contributed by atoms with van der Waals surface area (Å²) in [5.74, 6) is -0.264. The fraction of sp³-hybridized carbons (Fsp3) is 0.652. The van der Waals surface area contributed by atoms with Crippen LogP contribution in [-0.4, -0.2) is 83.6 Å². The van der Waals surface area contributed by atoms with E-state index < -0.39 is 15.9 Å². The lowest BCUT2D eigenvalue weighted by molar-refractivity contribution is 0.0508. The average Bonchev–Trinajstić information content (AvgIpc) is 3.22. The van der Waals surface area contributed by atoms with Gasteiger partial charge in [0.25, 0.3) is 5.91 Å². The van der Waals surface area contributed by atoms with Gasteiger partial charge in [0.05, 0.1) is 17.5 Å². The summed E-state index contributed by atoms with van der Waals surface area (Å²) in [5.41, 5.74) is 1.44. The lowest BCUT2D eigenvalue weighted by Gasteiger charge is -2.40. The summed E-state index contributed by atoms with van der Waals surface area (Å²) in [4.78, 5) is 15.5. The van der Waals surface area contributed by atoms with Crippen molar-refractivity contribution < 1.29 is 18.3 Å². The van der Waals surface area contributed by atoms with Crippen molar-refractivity contribution in [1.82, 2.24) is 25.3 Å². The number of benzene rings is 1. The number of amides is 1. The molecule has 33 heavy (non-hydrogen) atoms. The summed E-state index contributed by atoms with van der Waals surface area (Å²) < 4.78 is 24.4. The molecule has 10 heteroatoms. The van der Waals surface area contributed by atoms with E-state index in [9.17, 15) is 18.3 Å². The number of nitrogens with one attached hydrogen (secondary N) is 2. The summed E-state index contributed by atoms with van der Waals surface area (Å²) in [6.45, 7) is 4.87. The molecule has 3 heterocycles. The first-order chi connectivity index (χ1) is 15.6. The van der Waals surface area contributed by atoms with Crippen LogP contribution >= 0.6 is 0 Å². The van der Waals surface area contributed by atoms with Gasteiger partial charge in [-0.25, -0.2) is 8.42 Å². The molecule has 9 nitrogen and oxygen atoms in total. The van der Waals surface area contributed by atoms with Crippen molar-refractivity contribution >= 4 is 26.6 Å². The van der Waals surface area contributed by atoms with Crippen molar-refractivity contribution in [2.45, 2.75) is 69.8 Å². The number of aliphatic hydroxyl groups is 1. The molecule has 0 saturated carbocycles. The smallest absolute Gasteiger partial charge is 0.272 e. The molecule has 2 aliphatic heterocycles. The maximum absolute atomic E-state index is 13.2. The first kappa shape index (κ1) is 24.1. The topological polar surface area (TPSA) is 117 Å². The third-order valence-electron chi connectivity index (χ3n) is 6.70. The summed E-state index contributed by atoms with van der Waals surface area (Å²) in [7, 11) is -3.10. The lowest BCUT2D eigenvalue weighted by Crippen LogP contribution is -2.53. The number of carbonyl (C=O) groups is 1. The standard InChI is InChI=1S/C23H35N5O4S/c1-15(2)28-21-7-5-4-6-20(21)22(26-28)23(30)25-16-10-17-8-9-18(11-16)27(17)13-19(29)12-24-14-33(3,31)32/h4-7,15-19,24,29H,8-14H2,1-3H3,(H,25,30)/t16-,17-,18+,19?. The minimum Gasteiger partial charge on any atom is -0.390 e. The monoisotopic (exact) mass is 477 g/mol. The van der Waals surface area contributed by atoms with Crippen molar-refractivity contribution in [3.05, 3.63) is 30.0 Å². The zero-order chi connectivity index (χ0) is 23.8. The van der Waals surface area contributed by atoms with Gasteiger partial charge in [-0.2, -0.15) is 5.10 Å².